The molecule has 16 heavy (non-hydrogen) atoms. The maximum Gasteiger partial charge on any atom is 0.310 e. The normalized spacial score (nSPS) is 12.2. The Balaban J connectivity index is 1.97. The van der Waals surface area contributed by atoms with Crippen LogP contribution in [0.1, 0.15) is 6.92 Å². The fourth-order valence-electron chi connectivity index (χ4n) is 1.25. The van der Waals surface area contributed by atoms with Crippen LogP contribution in [0.4, 0.5) is 6.01 Å². The van der Waals surface area contributed by atoms with Crippen LogP contribution in [0, 0.1) is 17.2 Å². The van der Waals surface area contributed by atoms with Gasteiger partial charge in [-0.1, -0.05) is 12.1 Å². The van der Waals surface area contributed by atoms with E-state index in [2.05, 4.69) is 21.9 Å². The lowest BCUT2D eigenvalue weighted by Crippen LogP contribution is -2.26. The number of anilines is 1. The minimum atomic E-state index is -0.0584. The summed E-state index contributed by atoms with van der Waals surface area (Å²) in [5.74, 6) is -0.0584. The molecule has 0 saturated heterocycles. The van der Waals surface area contributed by atoms with E-state index < -0.39 is 0 Å². The van der Waals surface area contributed by atoms with Gasteiger partial charge < -0.3 is 4.42 Å². The third-order valence-electron chi connectivity index (χ3n) is 2.12. The highest BCUT2D eigenvalue weighted by molar-refractivity contribution is 5.73. The van der Waals surface area contributed by atoms with Gasteiger partial charge in [-0.15, -0.1) is 0 Å². The highest BCUT2D eigenvalue weighted by Gasteiger charge is 2.04. The number of oxazole rings is 1. The average Bonchev–Trinajstić information content (AvgIpc) is 2.71. The maximum absolute atomic E-state index is 8.59. The number of para-hydroxylation sites is 2. The molecule has 82 valence electrons. The van der Waals surface area contributed by atoms with E-state index >= 15 is 0 Å². The minimum absolute atomic E-state index is 0.0584. The molecule has 0 amide bonds. The Morgan fingerprint density at radius 2 is 2.31 bits per heavy atom. The Morgan fingerprint density at radius 3 is 3.06 bits per heavy atom. The summed E-state index contributed by atoms with van der Waals surface area (Å²) in [6.07, 6.45) is 0. The van der Waals surface area contributed by atoms with Crippen LogP contribution < -0.4 is 10.9 Å². The van der Waals surface area contributed by atoms with E-state index in [9.17, 15) is 0 Å². The number of hydrogen-bond acceptors (Lipinski definition) is 5. The number of nitrogens with zero attached hydrogens (tertiary/aromatic N) is 2. The fraction of sp³-hybridized carbons (Fsp3) is 0.273. The van der Waals surface area contributed by atoms with E-state index in [4.69, 9.17) is 9.68 Å². The molecule has 0 spiro atoms. The van der Waals surface area contributed by atoms with E-state index in [0.29, 0.717) is 12.6 Å². The van der Waals surface area contributed by atoms with Crippen molar-refractivity contribution < 1.29 is 4.42 Å². The number of fused-ring (bicyclic) bond motifs is 1. The Bertz CT molecular complexity index is 481. The molecule has 0 saturated carbocycles. The van der Waals surface area contributed by atoms with E-state index in [-0.39, 0.29) is 5.92 Å². The van der Waals surface area contributed by atoms with Crippen molar-refractivity contribution in [1.82, 2.24) is 10.4 Å². The Kier molecular flexibility index (Phi) is 3.03. The monoisotopic (exact) mass is 216 g/mol. The van der Waals surface area contributed by atoms with Gasteiger partial charge in [-0.2, -0.15) is 10.2 Å². The van der Waals surface area contributed by atoms with Crippen molar-refractivity contribution in [3.8, 4) is 6.07 Å². The average molecular weight is 216 g/mol. The number of hydrogen-bond donors (Lipinski definition) is 2. The molecule has 2 rings (SSSR count). The molecule has 0 aliphatic carbocycles. The van der Waals surface area contributed by atoms with Gasteiger partial charge >= 0.3 is 6.01 Å². The summed E-state index contributed by atoms with van der Waals surface area (Å²) >= 11 is 0. The van der Waals surface area contributed by atoms with E-state index in [1.807, 2.05) is 31.2 Å². The first kappa shape index (κ1) is 10.5. The molecule has 1 unspecified atom stereocenters. The van der Waals surface area contributed by atoms with E-state index in [1.54, 1.807) is 0 Å². The second-order valence-electron chi connectivity index (χ2n) is 3.52. The third kappa shape index (κ3) is 2.30. The molecule has 2 N–H and O–H groups in total. The van der Waals surface area contributed by atoms with Gasteiger partial charge in [-0.3, -0.25) is 5.43 Å². The van der Waals surface area contributed by atoms with Crippen molar-refractivity contribution in [1.29, 1.82) is 5.26 Å². The van der Waals surface area contributed by atoms with Crippen LogP contribution >= 0.6 is 0 Å². The summed E-state index contributed by atoms with van der Waals surface area (Å²) in [6, 6.07) is 10.1. The second-order valence-corrected chi connectivity index (χ2v) is 3.52. The molecule has 0 fully saturated rings. The molecule has 2 aromatic rings. The molecular formula is C11H12N4O. The number of benzene rings is 1. The van der Waals surface area contributed by atoms with E-state index in [0.717, 1.165) is 11.1 Å². The first-order chi connectivity index (χ1) is 7.79. The van der Waals surface area contributed by atoms with Gasteiger partial charge in [0.15, 0.2) is 5.58 Å². The quantitative estimate of drug-likeness (QED) is 0.763. The van der Waals surface area contributed by atoms with Gasteiger partial charge in [-0.05, 0) is 19.1 Å². The number of rotatable bonds is 4. The number of nitriles is 1. The smallest absolute Gasteiger partial charge is 0.310 e. The first-order valence-electron chi connectivity index (χ1n) is 5.03. The summed E-state index contributed by atoms with van der Waals surface area (Å²) in [6.45, 7) is 2.37. The number of hydrazine groups is 1. The minimum Gasteiger partial charge on any atom is -0.423 e. The van der Waals surface area contributed by atoms with Crippen molar-refractivity contribution in [2.75, 3.05) is 12.0 Å². The molecule has 1 heterocycles. The topological polar surface area (TPSA) is 73.9 Å². The van der Waals surface area contributed by atoms with Crippen LogP contribution in [0.15, 0.2) is 28.7 Å². The van der Waals surface area contributed by atoms with Crippen LogP contribution in [0.5, 0.6) is 0 Å². The molecule has 0 aliphatic heterocycles. The number of aromatic nitrogens is 1. The zero-order valence-corrected chi connectivity index (χ0v) is 8.90. The highest BCUT2D eigenvalue weighted by Crippen LogP contribution is 2.17. The summed E-state index contributed by atoms with van der Waals surface area (Å²) in [4.78, 5) is 4.21. The third-order valence-corrected chi connectivity index (χ3v) is 2.12. The predicted octanol–water partition coefficient (Wildman–Crippen LogP) is 1.90. The highest BCUT2D eigenvalue weighted by atomic mass is 16.4. The van der Waals surface area contributed by atoms with Crippen molar-refractivity contribution in [3.63, 3.8) is 0 Å². The van der Waals surface area contributed by atoms with Crippen LogP contribution in [-0.4, -0.2) is 11.5 Å². The van der Waals surface area contributed by atoms with Crippen molar-refractivity contribution >= 4 is 17.1 Å². The molecule has 1 aromatic heterocycles. The molecule has 0 bridgehead atoms. The first-order valence-corrected chi connectivity index (χ1v) is 5.03. The molecule has 5 nitrogen and oxygen atoms in total. The SMILES string of the molecule is CC(C#N)CNNc1nc2ccccc2o1. The fourth-order valence-corrected chi connectivity index (χ4v) is 1.25. The van der Waals surface area contributed by atoms with E-state index in [1.165, 1.54) is 0 Å². The van der Waals surface area contributed by atoms with Gasteiger partial charge in [0.25, 0.3) is 0 Å². The Morgan fingerprint density at radius 1 is 1.50 bits per heavy atom. The van der Waals surface area contributed by atoms with Gasteiger partial charge in [0, 0.05) is 6.54 Å². The lowest BCUT2D eigenvalue weighted by atomic mass is 10.2. The summed E-state index contributed by atoms with van der Waals surface area (Å²) in [5.41, 5.74) is 7.25. The largest absolute Gasteiger partial charge is 0.423 e. The zero-order chi connectivity index (χ0) is 11.4. The summed E-state index contributed by atoms with van der Waals surface area (Å²) < 4.78 is 5.42. The van der Waals surface area contributed by atoms with Crippen LogP contribution in [-0.2, 0) is 0 Å². The Labute approximate surface area is 93.0 Å². The van der Waals surface area contributed by atoms with Crippen LogP contribution in [0.3, 0.4) is 0 Å². The Hall–Kier alpha value is -2.06. The van der Waals surface area contributed by atoms with Crippen molar-refractivity contribution in [3.05, 3.63) is 24.3 Å². The van der Waals surface area contributed by atoms with Crippen LogP contribution in [0.2, 0.25) is 0 Å². The standard InChI is InChI=1S/C11H12N4O/c1-8(6-12)7-13-15-11-14-9-4-2-3-5-10(9)16-11/h2-5,8,13H,7H2,1H3,(H,14,15). The molecule has 5 heteroatoms. The molecule has 1 atom stereocenters. The predicted molar refractivity (Wildman–Crippen MR) is 60.4 cm³/mol. The van der Waals surface area contributed by atoms with Crippen molar-refractivity contribution in [2.45, 2.75) is 6.92 Å². The van der Waals surface area contributed by atoms with Gasteiger partial charge in [0.1, 0.15) is 5.52 Å². The van der Waals surface area contributed by atoms with Gasteiger partial charge in [0.2, 0.25) is 0 Å². The molecule has 0 aliphatic rings. The van der Waals surface area contributed by atoms with Crippen molar-refractivity contribution in [2.24, 2.45) is 5.92 Å². The van der Waals surface area contributed by atoms with Crippen LogP contribution in [0.25, 0.3) is 11.1 Å². The second kappa shape index (κ2) is 4.64. The zero-order valence-electron chi connectivity index (χ0n) is 8.90. The molecular weight excluding hydrogens is 204 g/mol. The maximum atomic E-state index is 8.59. The lowest BCUT2D eigenvalue weighted by Gasteiger charge is -2.04. The summed E-state index contributed by atoms with van der Waals surface area (Å²) in [5, 5.41) is 8.59. The van der Waals surface area contributed by atoms with Gasteiger partial charge in [-0.25, -0.2) is 5.43 Å². The molecule has 0 radical (unpaired) electrons. The lowest BCUT2D eigenvalue weighted by molar-refractivity contribution is 0.580. The van der Waals surface area contributed by atoms with Gasteiger partial charge in [0.05, 0.1) is 12.0 Å². The summed E-state index contributed by atoms with van der Waals surface area (Å²) in [7, 11) is 0. The molecule has 1 aromatic carbocycles. The number of nitrogens with one attached hydrogen (secondary N) is 2.